The highest BCUT2D eigenvalue weighted by molar-refractivity contribution is 7.25. The van der Waals surface area contributed by atoms with E-state index in [0.29, 0.717) is 0 Å². The van der Waals surface area contributed by atoms with E-state index in [1.807, 2.05) is 11.3 Å². The van der Waals surface area contributed by atoms with Crippen molar-refractivity contribution in [2.24, 2.45) is 0 Å². The minimum Gasteiger partial charge on any atom is -0.310 e. The molecule has 0 unspecified atom stereocenters. The molecule has 1 nitrogen and oxygen atoms in total. The van der Waals surface area contributed by atoms with Gasteiger partial charge in [-0.05, 0) is 112 Å². The van der Waals surface area contributed by atoms with Gasteiger partial charge in [-0.25, -0.2) is 0 Å². The van der Waals surface area contributed by atoms with Crippen LogP contribution in [0.25, 0.3) is 42.4 Å². The number of thiophene rings is 1. The Balaban J connectivity index is 1.15. The molecule has 0 radical (unpaired) electrons. The number of rotatable bonds is 6. The highest BCUT2D eigenvalue weighted by atomic mass is 32.1. The molecule has 1 heterocycles. The Labute approximate surface area is 308 Å². The maximum absolute atomic E-state index is 2.45. The average Bonchev–Trinajstić information content (AvgIpc) is 3.72. The van der Waals surface area contributed by atoms with Crippen LogP contribution in [0.5, 0.6) is 0 Å². The van der Waals surface area contributed by atoms with Gasteiger partial charge in [0.1, 0.15) is 0 Å². The number of anilines is 3. The minimum atomic E-state index is -0.461. The molecule has 0 fully saturated rings. The molecule has 0 saturated carbocycles. The lowest BCUT2D eigenvalue weighted by atomic mass is 9.67. The van der Waals surface area contributed by atoms with Crippen molar-refractivity contribution in [3.05, 3.63) is 222 Å². The normalized spacial score (nSPS) is 12.9. The van der Waals surface area contributed by atoms with Crippen LogP contribution in [0.3, 0.4) is 0 Å². The fourth-order valence-electron chi connectivity index (χ4n) is 8.49. The molecule has 1 aliphatic carbocycles. The Morgan fingerprint density at radius 2 is 1.02 bits per heavy atom. The summed E-state index contributed by atoms with van der Waals surface area (Å²) >= 11 is 1.86. The van der Waals surface area contributed by atoms with Crippen LogP contribution in [0.15, 0.2) is 194 Å². The van der Waals surface area contributed by atoms with E-state index in [2.05, 4.69) is 206 Å². The van der Waals surface area contributed by atoms with Gasteiger partial charge in [-0.1, -0.05) is 140 Å². The standard InChI is InChI=1S/C50H35NS/c1-34-13-12-18-40(31-34)51(39-26-23-35(24-27-39)36-25-30-49-45(32-36)44-20-9-11-22-48(44)52-49)41-28-29-43-42-19-8-10-21-46(42)50(47(43)33-41,37-14-4-2-5-15-37)38-16-6-3-7-17-38/h2-33H,1H3. The Morgan fingerprint density at radius 1 is 0.404 bits per heavy atom. The topological polar surface area (TPSA) is 3.24 Å². The molecule has 10 rings (SSSR count). The van der Waals surface area contributed by atoms with E-state index in [0.717, 1.165) is 17.1 Å². The van der Waals surface area contributed by atoms with Crippen molar-refractivity contribution >= 4 is 48.6 Å². The quantitative estimate of drug-likeness (QED) is 0.169. The number of aryl methyl sites for hydroxylation is 1. The largest absolute Gasteiger partial charge is 0.310 e. The molecule has 9 aromatic rings. The molecule has 246 valence electrons. The predicted octanol–water partition coefficient (Wildman–Crippen LogP) is 13.9. The van der Waals surface area contributed by atoms with Crippen molar-refractivity contribution in [3.63, 3.8) is 0 Å². The first-order chi connectivity index (χ1) is 25.7. The first kappa shape index (κ1) is 30.6. The van der Waals surface area contributed by atoms with Gasteiger partial charge in [-0.3, -0.25) is 0 Å². The van der Waals surface area contributed by atoms with Crippen molar-refractivity contribution in [3.8, 4) is 22.3 Å². The summed E-state index contributed by atoms with van der Waals surface area (Å²) in [6.07, 6.45) is 0. The monoisotopic (exact) mass is 681 g/mol. The van der Waals surface area contributed by atoms with Gasteiger partial charge in [0.25, 0.3) is 0 Å². The Hall–Kier alpha value is -6.22. The van der Waals surface area contributed by atoms with Crippen molar-refractivity contribution in [1.29, 1.82) is 0 Å². The molecule has 0 aliphatic heterocycles. The van der Waals surface area contributed by atoms with Crippen molar-refractivity contribution in [2.45, 2.75) is 12.3 Å². The van der Waals surface area contributed by atoms with Gasteiger partial charge in [-0.15, -0.1) is 11.3 Å². The summed E-state index contributed by atoms with van der Waals surface area (Å²) in [5.74, 6) is 0. The predicted molar refractivity (Wildman–Crippen MR) is 221 cm³/mol. The zero-order chi connectivity index (χ0) is 34.6. The third-order valence-electron chi connectivity index (χ3n) is 10.8. The summed E-state index contributed by atoms with van der Waals surface area (Å²) in [5, 5.41) is 2.65. The van der Waals surface area contributed by atoms with E-state index in [9.17, 15) is 0 Å². The number of benzene rings is 8. The van der Waals surface area contributed by atoms with E-state index >= 15 is 0 Å². The Bertz CT molecular complexity index is 2700. The van der Waals surface area contributed by atoms with Crippen molar-refractivity contribution in [2.75, 3.05) is 4.90 Å². The SMILES string of the molecule is Cc1cccc(N(c2ccc(-c3ccc4sc5ccccc5c4c3)cc2)c2ccc3c(c2)C(c2ccccc2)(c2ccccc2)c2ccccc2-3)c1. The molecule has 0 N–H and O–H groups in total. The van der Waals surface area contributed by atoms with E-state index in [1.54, 1.807) is 0 Å². The smallest absolute Gasteiger partial charge is 0.0714 e. The van der Waals surface area contributed by atoms with Gasteiger partial charge in [0.05, 0.1) is 5.41 Å². The van der Waals surface area contributed by atoms with Crippen LogP contribution in [-0.2, 0) is 5.41 Å². The Morgan fingerprint density at radius 3 is 1.79 bits per heavy atom. The van der Waals surface area contributed by atoms with Crippen LogP contribution < -0.4 is 4.90 Å². The molecule has 1 aliphatic rings. The number of nitrogens with zero attached hydrogens (tertiary/aromatic N) is 1. The molecule has 0 saturated heterocycles. The van der Waals surface area contributed by atoms with E-state index < -0.39 is 5.41 Å². The fraction of sp³-hybridized carbons (Fsp3) is 0.0400. The third-order valence-corrected chi connectivity index (χ3v) is 11.9. The second-order valence-electron chi connectivity index (χ2n) is 13.8. The molecule has 1 aromatic heterocycles. The van der Waals surface area contributed by atoms with Crippen LogP contribution >= 0.6 is 11.3 Å². The van der Waals surface area contributed by atoms with Gasteiger partial charge in [0.15, 0.2) is 0 Å². The summed E-state index contributed by atoms with van der Waals surface area (Å²) in [6.45, 7) is 2.17. The maximum Gasteiger partial charge on any atom is 0.0714 e. The van der Waals surface area contributed by atoms with Crippen LogP contribution in [0, 0.1) is 6.92 Å². The first-order valence-electron chi connectivity index (χ1n) is 17.9. The first-order valence-corrected chi connectivity index (χ1v) is 18.7. The molecule has 0 bridgehead atoms. The number of hydrogen-bond donors (Lipinski definition) is 0. The lowest BCUT2D eigenvalue weighted by molar-refractivity contribution is 0.768. The van der Waals surface area contributed by atoms with E-state index in [4.69, 9.17) is 0 Å². The molecule has 2 heteroatoms. The van der Waals surface area contributed by atoms with Crippen LogP contribution in [0.4, 0.5) is 17.1 Å². The van der Waals surface area contributed by atoms with Gasteiger partial charge >= 0.3 is 0 Å². The summed E-state index contributed by atoms with van der Waals surface area (Å²) in [6, 6.07) is 71.7. The zero-order valence-corrected chi connectivity index (χ0v) is 29.6. The van der Waals surface area contributed by atoms with Gasteiger partial charge in [0, 0.05) is 37.2 Å². The maximum atomic E-state index is 2.45. The van der Waals surface area contributed by atoms with Crippen LogP contribution in [0.1, 0.15) is 27.8 Å². The molecule has 0 atom stereocenters. The van der Waals surface area contributed by atoms with Crippen molar-refractivity contribution < 1.29 is 0 Å². The molecular weight excluding hydrogens is 647 g/mol. The van der Waals surface area contributed by atoms with Gasteiger partial charge < -0.3 is 4.90 Å². The molecule has 0 spiro atoms. The summed E-state index contributed by atoms with van der Waals surface area (Å²) in [7, 11) is 0. The minimum absolute atomic E-state index is 0.461. The highest BCUT2D eigenvalue weighted by Gasteiger charge is 2.46. The number of hydrogen-bond acceptors (Lipinski definition) is 2. The summed E-state index contributed by atoms with van der Waals surface area (Å²) in [5.41, 5.74) is 14.3. The second kappa shape index (κ2) is 12.2. The zero-order valence-electron chi connectivity index (χ0n) is 28.8. The second-order valence-corrected chi connectivity index (χ2v) is 14.9. The van der Waals surface area contributed by atoms with E-state index in [1.165, 1.54) is 70.2 Å². The fourth-order valence-corrected chi connectivity index (χ4v) is 9.58. The molecule has 52 heavy (non-hydrogen) atoms. The van der Waals surface area contributed by atoms with Crippen molar-refractivity contribution in [1.82, 2.24) is 0 Å². The van der Waals surface area contributed by atoms with Gasteiger partial charge in [0.2, 0.25) is 0 Å². The lowest BCUT2D eigenvalue weighted by Gasteiger charge is -2.35. The summed E-state index contributed by atoms with van der Waals surface area (Å²) < 4.78 is 2.66. The highest BCUT2D eigenvalue weighted by Crippen LogP contribution is 2.57. The van der Waals surface area contributed by atoms with Crippen LogP contribution in [0.2, 0.25) is 0 Å². The molecule has 8 aromatic carbocycles. The Kier molecular flexibility index (Phi) is 7.19. The molecular formula is C50H35NS. The van der Waals surface area contributed by atoms with Gasteiger partial charge in [-0.2, -0.15) is 0 Å². The third kappa shape index (κ3) is 4.76. The lowest BCUT2D eigenvalue weighted by Crippen LogP contribution is -2.28. The van der Waals surface area contributed by atoms with E-state index in [-0.39, 0.29) is 0 Å². The van der Waals surface area contributed by atoms with Crippen LogP contribution in [-0.4, -0.2) is 0 Å². The average molecular weight is 682 g/mol. The molecule has 0 amide bonds. The summed E-state index contributed by atoms with van der Waals surface area (Å²) in [4.78, 5) is 2.41. The number of fused-ring (bicyclic) bond motifs is 6.